The number of nitrogens with one attached hydrogen (secondary N) is 1. The van der Waals surface area contributed by atoms with Crippen molar-refractivity contribution in [3.63, 3.8) is 0 Å². The van der Waals surface area contributed by atoms with E-state index < -0.39 is 22.3 Å². The zero-order chi connectivity index (χ0) is 20.0. The number of hydrogen-bond acceptors (Lipinski definition) is 7. The highest BCUT2D eigenvalue weighted by Gasteiger charge is 2.19. The monoisotopic (exact) mass is 457 g/mol. The van der Waals surface area contributed by atoms with Crippen molar-refractivity contribution in [3.05, 3.63) is 55.5 Å². The summed E-state index contributed by atoms with van der Waals surface area (Å²) in [5.41, 5.74) is 1.93. The first-order chi connectivity index (χ1) is 12.8. The van der Waals surface area contributed by atoms with Gasteiger partial charge in [-0.1, -0.05) is 11.6 Å². The van der Waals surface area contributed by atoms with Crippen LogP contribution >= 0.6 is 27.5 Å². The van der Waals surface area contributed by atoms with Crippen molar-refractivity contribution in [2.45, 2.75) is 0 Å². The zero-order valence-electron chi connectivity index (χ0n) is 13.8. The second-order valence-corrected chi connectivity index (χ2v) is 6.30. The fourth-order valence-corrected chi connectivity index (χ4v) is 2.73. The third-order valence-corrected chi connectivity index (χ3v) is 4.00. The first kappa shape index (κ1) is 20.5. The molecule has 0 radical (unpaired) electrons. The van der Waals surface area contributed by atoms with Crippen LogP contribution in [0.15, 0.2) is 39.9 Å². The first-order valence-electron chi connectivity index (χ1n) is 7.27. The first-order valence-corrected chi connectivity index (χ1v) is 8.44. The van der Waals surface area contributed by atoms with Crippen molar-refractivity contribution in [3.8, 4) is 17.2 Å². The van der Waals surface area contributed by atoms with Gasteiger partial charge in [-0.3, -0.25) is 14.9 Å². The van der Waals surface area contributed by atoms with Crippen LogP contribution in [0.2, 0.25) is 5.02 Å². The SMILES string of the molecule is COc1cc(/C=N\NC(=O)COc2ccc(Cl)cc2Br)cc([N+](=O)[O-])c1O. The van der Waals surface area contributed by atoms with Crippen LogP contribution < -0.4 is 14.9 Å². The number of nitro groups is 1. The minimum absolute atomic E-state index is 0.0899. The lowest BCUT2D eigenvalue weighted by atomic mass is 10.2. The van der Waals surface area contributed by atoms with Gasteiger partial charge in [0.1, 0.15) is 5.75 Å². The Hall–Kier alpha value is -2.85. The topological polar surface area (TPSA) is 123 Å². The number of halogens is 2. The maximum atomic E-state index is 11.8. The number of nitrogens with zero attached hydrogens (tertiary/aromatic N) is 2. The summed E-state index contributed by atoms with van der Waals surface area (Å²) < 4.78 is 10.8. The summed E-state index contributed by atoms with van der Waals surface area (Å²) in [7, 11) is 1.26. The molecule has 0 aliphatic rings. The molecule has 0 saturated heterocycles. The molecule has 9 nitrogen and oxygen atoms in total. The molecule has 0 unspecified atom stereocenters. The standard InChI is InChI=1S/C16H13BrClN3O6/c1-26-14-5-9(4-12(16(14)23)21(24)25)7-19-20-15(22)8-27-13-3-2-10(18)6-11(13)17/h2-7,23H,8H2,1H3,(H,20,22)/b19-7-. The largest absolute Gasteiger partial charge is 0.500 e. The normalized spacial score (nSPS) is 10.6. The van der Waals surface area contributed by atoms with Gasteiger partial charge in [0.05, 0.1) is 22.7 Å². The molecule has 0 saturated carbocycles. The van der Waals surface area contributed by atoms with Crippen molar-refractivity contribution >= 4 is 45.3 Å². The molecule has 142 valence electrons. The number of hydrazone groups is 1. The molecule has 0 aliphatic carbocycles. The fourth-order valence-electron chi connectivity index (χ4n) is 1.93. The molecular weight excluding hydrogens is 446 g/mol. The van der Waals surface area contributed by atoms with Crippen LogP contribution in [0.1, 0.15) is 5.56 Å². The lowest BCUT2D eigenvalue weighted by molar-refractivity contribution is -0.386. The van der Waals surface area contributed by atoms with E-state index in [-0.39, 0.29) is 17.9 Å². The molecule has 0 bridgehead atoms. The van der Waals surface area contributed by atoms with Crippen LogP contribution in [-0.4, -0.2) is 35.9 Å². The summed E-state index contributed by atoms with van der Waals surface area (Å²) in [5, 5.41) is 24.9. The Morgan fingerprint density at radius 3 is 2.78 bits per heavy atom. The van der Waals surface area contributed by atoms with E-state index in [2.05, 4.69) is 26.5 Å². The molecule has 0 aromatic heterocycles. The van der Waals surface area contributed by atoms with Gasteiger partial charge in [-0.05, 0) is 40.2 Å². The third kappa shape index (κ3) is 5.56. The molecule has 0 heterocycles. The van der Waals surface area contributed by atoms with Crippen molar-refractivity contribution in [2.75, 3.05) is 13.7 Å². The van der Waals surface area contributed by atoms with Gasteiger partial charge in [0, 0.05) is 16.7 Å². The molecule has 0 atom stereocenters. The number of hydrogen-bond donors (Lipinski definition) is 2. The fraction of sp³-hybridized carbons (Fsp3) is 0.125. The highest BCUT2D eigenvalue weighted by molar-refractivity contribution is 9.10. The molecule has 2 aromatic carbocycles. The van der Waals surface area contributed by atoms with Crippen LogP contribution in [0.3, 0.4) is 0 Å². The molecule has 11 heteroatoms. The quantitative estimate of drug-likeness (QED) is 0.373. The number of amides is 1. The maximum absolute atomic E-state index is 11.8. The number of phenols is 1. The Kier molecular flexibility index (Phi) is 6.97. The van der Waals surface area contributed by atoms with Gasteiger partial charge < -0.3 is 14.6 Å². The summed E-state index contributed by atoms with van der Waals surface area (Å²) in [6, 6.07) is 7.26. The molecule has 0 fully saturated rings. The average molecular weight is 459 g/mol. The van der Waals surface area contributed by atoms with Crippen LogP contribution in [0.4, 0.5) is 5.69 Å². The summed E-state index contributed by atoms with van der Waals surface area (Å²) in [5.74, 6) is -0.802. The molecule has 27 heavy (non-hydrogen) atoms. The summed E-state index contributed by atoms with van der Waals surface area (Å²) in [4.78, 5) is 22.0. The molecule has 0 aliphatic heterocycles. The van der Waals surface area contributed by atoms with Crippen molar-refractivity contribution in [2.24, 2.45) is 5.10 Å². The molecule has 2 rings (SSSR count). The van der Waals surface area contributed by atoms with Gasteiger partial charge in [-0.15, -0.1) is 0 Å². The minimum atomic E-state index is -0.758. The summed E-state index contributed by atoms with van der Waals surface area (Å²) >= 11 is 9.08. The van der Waals surface area contributed by atoms with Crippen LogP contribution in [0.5, 0.6) is 17.2 Å². The number of carbonyl (C=O) groups excluding carboxylic acids is 1. The van der Waals surface area contributed by atoms with E-state index in [1.54, 1.807) is 18.2 Å². The number of phenolic OH excluding ortho intramolecular Hbond substituents is 1. The average Bonchev–Trinajstić information content (AvgIpc) is 2.61. The van der Waals surface area contributed by atoms with Gasteiger partial charge in [0.15, 0.2) is 12.4 Å². The Morgan fingerprint density at radius 2 is 2.15 bits per heavy atom. The number of rotatable bonds is 7. The van der Waals surface area contributed by atoms with Crippen molar-refractivity contribution in [1.29, 1.82) is 0 Å². The Morgan fingerprint density at radius 1 is 1.41 bits per heavy atom. The highest BCUT2D eigenvalue weighted by Crippen LogP contribution is 2.36. The number of carbonyl (C=O) groups is 1. The highest BCUT2D eigenvalue weighted by atomic mass is 79.9. The second kappa shape index (κ2) is 9.19. The predicted molar refractivity (Wildman–Crippen MR) is 102 cm³/mol. The molecular formula is C16H13BrClN3O6. The van der Waals surface area contributed by atoms with Crippen molar-refractivity contribution < 1.29 is 24.3 Å². The summed E-state index contributed by atoms with van der Waals surface area (Å²) in [6.45, 7) is -0.309. The van der Waals surface area contributed by atoms with E-state index in [9.17, 15) is 20.0 Å². The lowest BCUT2D eigenvalue weighted by Gasteiger charge is -2.07. The number of ether oxygens (including phenoxy) is 2. The molecule has 1 amide bonds. The van der Waals surface area contributed by atoms with Gasteiger partial charge in [-0.2, -0.15) is 5.10 Å². The predicted octanol–water partition coefficient (Wildman–Crippen LogP) is 3.25. The van der Waals surface area contributed by atoms with E-state index in [0.717, 1.165) is 6.07 Å². The third-order valence-electron chi connectivity index (χ3n) is 3.15. The van der Waals surface area contributed by atoms with Gasteiger partial charge in [-0.25, -0.2) is 5.43 Å². The van der Waals surface area contributed by atoms with Crippen LogP contribution in [0, 0.1) is 10.1 Å². The van der Waals surface area contributed by atoms with E-state index in [0.29, 0.717) is 15.2 Å². The van der Waals surface area contributed by atoms with E-state index in [1.165, 1.54) is 19.4 Å². The molecule has 0 spiro atoms. The summed E-state index contributed by atoms with van der Waals surface area (Å²) in [6.07, 6.45) is 1.17. The lowest BCUT2D eigenvalue weighted by Crippen LogP contribution is -2.24. The Labute approximate surface area is 166 Å². The van der Waals surface area contributed by atoms with E-state index in [4.69, 9.17) is 21.1 Å². The van der Waals surface area contributed by atoms with Crippen LogP contribution in [0.25, 0.3) is 0 Å². The number of aromatic hydroxyl groups is 1. The van der Waals surface area contributed by atoms with Gasteiger partial charge in [0.2, 0.25) is 5.75 Å². The molecule has 2 N–H and O–H groups in total. The number of benzene rings is 2. The Bertz CT molecular complexity index is 906. The van der Waals surface area contributed by atoms with E-state index >= 15 is 0 Å². The van der Waals surface area contributed by atoms with Gasteiger partial charge in [0.25, 0.3) is 5.91 Å². The van der Waals surface area contributed by atoms with Gasteiger partial charge >= 0.3 is 5.69 Å². The minimum Gasteiger partial charge on any atom is -0.500 e. The molecule has 2 aromatic rings. The Balaban J connectivity index is 1.99. The number of nitro benzene ring substituents is 1. The van der Waals surface area contributed by atoms with E-state index in [1.807, 2.05) is 0 Å². The number of methoxy groups -OCH3 is 1. The smallest absolute Gasteiger partial charge is 0.315 e. The van der Waals surface area contributed by atoms with Crippen molar-refractivity contribution in [1.82, 2.24) is 5.43 Å². The second-order valence-electron chi connectivity index (χ2n) is 5.00. The van der Waals surface area contributed by atoms with Crippen LogP contribution in [-0.2, 0) is 4.79 Å². The zero-order valence-corrected chi connectivity index (χ0v) is 16.2. The maximum Gasteiger partial charge on any atom is 0.315 e.